The average Bonchev–Trinajstić information content (AvgIpc) is 2.89. The van der Waals surface area contributed by atoms with Crippen molar-refractivity contribution in [1.82, 2.24) is 10.3 Å². The predicted molar refractivity (Wildman–Crippen MR) is 69.3 cm³/mol. The molecule has 0 bridgehead atoms. The largest absolute Gasteiger partial charge is 0.476 e. The van der Waals surface area contributed by atoms with Gasteiger partial charge in [0.2, 0.25) is 5.91 Å². The van der Waals surface area contributed by atoms with Gasteiger partial charge in [0.1, 0.15) is 0 Å². The summed E-state index contributed by atoms with van der Waals surface area (Å²) < 4.78 is 5.26. The van der Waals surface area contributed by atoms with Crippen LogP contribution in [-0.2, 0) is 16.0 Å². The maximum Gasteiger partial charge on any atom is 0.355 e. The Kier molecular flexibility index (Phi) is 4.86. The summed E-state index contributed by atoms with van der Waals surface area (Å²) in [7, 11) is 0. The van der Waals surface area contributed by atoms with E-state index < -0.39 is 5.97 Å². The van der Waals surface area contributed by atoms with E-state index >= 15 is 0 Å². The van der Waals surface area contributed by atoms with Gasteiger partial charge in [0.15, 0.2) is 5.69 Å². The summed E-state index contributed by atoms with van der Waals surface area (Å²) in [6.45, 7) is 1.70. The first kappa shape index (κ1) is 14.0. The molecule has 1 saturated heterocycles. The number of nitrogens with one attached hydrogen (secondary N) is 1. The number of carboxylic acids is 1. The van der Waals surface area contributed by atoms with Gasteiger partial charge >= 0.3 is 5.97 Å². The molecular weight excluding hydrogens is 268 g/mol. The van der Waals surface area contributed by atoms with Crippen LogP contribution in [0.25, 0.3) is 0 Å². The summed E-state index contributed by atoms with van der Waals surface area (Å²) in [5, 5.41) is 13.8. The monoisotopic (exact) mass is 284 g/mol. The molecule has 1 aliphatic heterocycles. The van der Waals surface area contributed by atoms with Crippen molar-refractivity contribution in [2.45, 2.75) is 19.3 Å². The third-order valence-corrected chi connectivity index (χ3v) is 3.85. The molecule has 0 spiro atoms. The van der Waals surface area contributed by atoms with Crippen LogP contribution in [0.4, 0.5) is 0 Å². The number of carboxylic acid groups (broad SMARTS) is 1. The van der Waals surface area contributed by atoms with Crippen molar-refractivity contribution in [2.24, 2.45) is 5.92 Å². The number of hydrogen-bond donors (Lipinski definition) is 2. The molecular formula is C12H16N2O4S. The zero-order valence-electron chi connectivity index (χ0n) is 10.4. The number of aromatic carboxylic acids is 1. The van der Waals surface area contributed by atoms with Crippen LogP contribution >= 0.6 is 11.3 Å². The summed E-state index contributed by atoms with van der Waals surface area (Å²) in [5.74, 6) is -1.07. The number of ether oxygens (including phenoxy) is 1. The Morgan fingerprint density at radius 1 is 1.58 bits per heavy atom. The van der Waals surface area contributed by atoms with Crippen LogP contribution in [0.5, 0.6) is 0 Å². The minimum atomic E-state index is -1.02. The van der Waals surface area contributed by atoms with Gasteiger partial charge in [-0.3, -0.25) is 4.79 Å². The highest BCUT2D eigenvalue weighted by Gasteiger charge is 2.21. The van der Waals surface area contributed by atoms with Gasteiger partial charge in [-0.25, -0.2) is 9.78 Å². The Morgan fingerprint density at radius 3 is 3.05 bits per heavy atom. The Labute approximate surface area is 114 Å². The van der Waals surface area contributed by atoms with Crippen LogP contribution in [0.15, 0.2) is 5.38 Å². The molecule has 6 nitrogen and oxygen atoms in total. The fourth-order valence-corrected chi connectivity index (χ4v) is 2.68. The lowest BCUT2D eigenvalue weighted by Gasteiger charge is -2.21. The molecule has 2 heterocycles. The summed E-state index contributed by atoms with van der Waals surface area (Å²) in [5.41, 5.74) is 0.0620. The standard InChI is InChI=1S/C12H16N2O4S/c15-11(8-2-1-5-18-6-8)13-4-3-10-14-9(7-19-10)12(16)17/h7-8H,1-6H2,(H,13,15)(H,16,17). The predicted octanol–water partition coefficient (Wildman–Crippen LogP) is 0.927. The first-order valence-electron chi connectivity index (χ1n) is 6.20. The van der Waals surface area contributed by atoms with E-state index in [9.17, 15) is 9.59 Å². The number of aromatic nitrogens is 1. The van der Waals surface area contributed by atoms with Crippen molar-refractivity contribution in [3.05, 3.63) is 16.1 Å². The molecule has 2 rings (SSSR count). The van der Waals surface area contributed by atoms with Gasteiger partial charge in [0.25, 0.3) is 0 Å². The van der Waals surface area contributed by atoms with Crippen molar-refractivity contribution in [3.8, 4) is 0 Å². The summed E-state index contributed by atoms with van der Waals surface area (Å²) in [6.07, 6.45) is 2.34. The summed E-state index contributed by atoms with van der Waals surface area (Å²) >= 11 is 1.30. The van der Waals surface area contributed by atoms with Gasteiger partial charge in [-0.05, 0) is 12.8 Å². The first-order chi connectivity index (χ1) is 9.16. The SMILES string of the molecule is O=C(O)c1csc(CCNC(=O)C2CCCOC2)n1. The van der Waals surface area contributed by atoms with E-state index in [1.165, 1.54) is 16.7 Å². The smallest absolute Gasteiger partial charge is 0.355 e. The van der Waals surface area contributed by atoms with Crippen molar-refractivity contribution in [2.75, 3.05) is 19.8 Å². The lowest BCUT2D eigenvalue weighted by molar-refractivity contribution is -0.128. The minimum absolute atomic E-state index is 0.00899. The van der Waals surface area contributed by atoms with Crippen molar-refractivity contribution in [1.29, 1.82) is 0 Å². The zero-order valence-corrected chi connectivity index (χ0v) is 11.2. The third-order valence-electron chi connectivity index (χ3n) is 2.94. The average molecular weight is 284 g/mol. The van der Waals surface area contributed by atoms with E-state index in [1.807, 2.05) is 0 Å². The second kappa shape index (κ2) is 6.63. The number of amides is 1. The number of hydrogen-bond acceptors (Lipinski definition) is 5. The molecule has 1 unspecified atom stereocenters. The Balaban J connectivity index is 1.73. The van der Waals surface area contributed by atoms with E-state index in [-0.39, 0.29) is 17.5 Å². The van der Waals surface area contributed by atoms with Gasteiger partial charge in [-0.15, -0.1) is 11.3 Å². The fraction of sp³-hybridized carbons (Fsp3) is 0.583. The highest BCUT2D eigenvalue weighted by Crippen LogP contribution is 2.14. The second-order valence-electron chi connectivity index (χ2n) is 4.39. The topological polar surface area (TPSA) is 88.5 Å². The lowest BCUT2D eigenvalue weighted by Crippen LogP contribution is -2.36. The van der Waals surface area contributed by atoms with E-state index in [0.29, 0.717) is 19.6 Å². The van der Waals surface area contributed by atoms with Crippen LogP contribution in [0.2, 0.25) is 0 Å². The number of carbonyl (C=O) groups excluding carboxylic acids is 1. The quantitative estimate of drug-likeness (QED) is 0.839. The van der Waals surface area contributed by atoms with E-state index in [1.54, 1.807) is 0 Å². The van der Waals surface area contributed by atoms with Crippen molar-refractivity contribution >= 4 is 23.2 Å². The maximum atomic E-state index is 11.8. The first-order valence-corrected chi connectivity index (χ1v) is 7.08. The normalized spacial score (nSPS) is 19.1. The number of rotatable bonds is 5. The zero-order chi connectivity index (χ0) is 13.7. The number of thiazole rings is 1. The van der Waals surface area contributed by atoms with Crippen LogP contribution in [0.1, 0.15) is 28.3 Å². The second-order valence-corrected chi connectivity index (χ2v) is 5.33. The highest BCUT2D eigenvalue weighted by atomic mass is 32.1. The molecule has 1 atom stereocenters. The Hall–Kier alpha value is -1.47. The van der Waals surface area contributed by atoms with Crippen molar-refractivity contribution < 1.29 is 19.4 Å². The van der Waals surface area contributed by atoms with E-state index in [4.69, 9.17) is 9.84 Å². The highest BCUT2D eigenvalue weighted by molar-refractivity contribution is 7.09. The molecule has 7 heteroatoms. The molecule has 2 N–H and O–H groups in total. The van der Waals surface area contributed by atoms with Gasteiger partial charge in [-0.1, -0.05) is 0 Å². The fourth-order valence-electron chi connectivity index (χ4n) is 1.91. The minimum Gasteiger partial charge on any atom is -0.476 e. The number of nitrogens with zero attached hydrogens (tertiary/aromatic N) is 1. The van der Waals surface area contributed by atoms with E-state index in [2.05, 4.69) is 10.3 Å². The van der Waals surface area contributed by atoms with Gasteiger partial charge in [0.05, 0.1) is 17.5 Å². The molecule has 0 saturated carbocycles. The lowest BCUT2D eigenvalue weighted by atomic mass is 10.0. The molecule has 0 aromatic carbocycles. The Bertz CT molecular complexity index is 454. The van der Waals surface area contributed by atoms with Crippen molar-refractivity contribution in [3.63, 3.8) is 0 Å². The molecule has 0 radical (unpaired) electrons. The third kappa shape index (κ3) is 4.00. The maximum absolute atomic E-state index is 11.8. The van der Waals surface area contributed by atoms with Crippen LogP contribution in [0.3, 0.4) is 0 Å². The molecule has 1 fully saturated rings. The molecule has 19 heavy (non-hydrogen) atoms. The van der Waals surface area contributed by atoms with Gasteiger partial charge < -0.3 is 15.2 Å². The van der Waals surface area contributed by atoms with Crippen LogP contribution in [0, 0.1) is 5.92 Å². The molecule has 1 amide bonds. The molecule has 1 aliphatic rings. The van der Waals surface area contributed by atoms with E-state index in [0.717, 1.165) is 24.5 Å². The van der Waals surface area contributed by atoms with Gasteiger partial charge in [0, 0.05) is 25.0 Å². The molecule has 104 valence electrons. The Morgan fingerprint density at radius 2 is 2.42 bits per heavy atom. The molecule has 1 aromatic rings. The molecule has 0 aliphatic carbocycles. The van der Waals surface area contributed by atoms with Crippen LogP contribution in [-0.4, -0.2) is 41.7 Å². The summed E-state index contributed by atoms with van der Waals surface area (Å²) in [4.78, 5) is 26.4. The van der Waals surface area contributed by atoms with Gasteiger partial charge in [-0.2, -0.15) is 0 Å². The molecule has 1 aromatic heterocycles. The summed E-state index contributed by atoms with van der Waals surface area (Å²) in [6, 6.07) is 0. The van der Waals surface area contributed by atoms with Crippen LogP contribution < -0.4 is 5.32 Å². The number of carbonyl (C=O) groups is 2.